The number of ether oxygens (including phenoxy) is 1. The molecule has 162 valence electrons. The molecule has 0 bridgehead atoms. The molecule has 7 nitrogen and oxygen atoms in total. The lowest BCUT2D eigenvalue weighted by Gasteiger charge is -2.23. The van der Waals surface area contributed by atoms with Crippen molar-refractivity contribution in [2.45, 2.75) is 25.3 Å². The lowest BCUT2D eigenvalue weighted by molar-refractivity contribution is 0.0622. The number of nitrogens with one attached hydrogen (secondary N) is 1. The van der Waals surface area contributed by atoms with Gasteiger partial charge in [-0.1, -0.05) is 24.3 Å². The second-order valence-electron chi connectivity index (χ2n) is 8.20. The lowest BCUT2D eigenvalue weighted by atomic mass is 10.0. The highest BCUT2D eigenvalue weighted by Crippen LogP contribution is 2.23. The number of hydrogen-bond acceptors (Lipinski definition) is 5. The largest absolute Gasteiger partial charge is 0.379 e. The highest BCUT2D eigenvalue weighted by molar-refractivity contribution is 5.96. The Morgan fingerprint density at radius 1 is 1.22 bits per heavy atom. The van der Waals surface area contributed by atoms with E-state index in [-0.39, 0.29) is 11.9 Å². The first kappa shape index (κ1) is 20.3. The fourth-order valence-electron chi connectivity index (χ4n) is 4.10. The Kier molecular flexibility index (Phi) is 5.64. The van der Waals surface area contributed by atoms with Crippen molar-refractivity contribution in [2.24, 2.45) is 7.05 Å². The summed E-state index contributed by atoms with van der Waals surface area (Å²) in [6, 6.07) is 14.0. The molecule has 0 aliphatic carbocycles. The van der Waals surface area contributed by atoms with Crippen LogP contribution >= 0.6 is 0 Å². The fraction of sp³-hybridized carbons (Fsp3) is 0.280. The third-order valence-corrected chi connectivity index (χ3v) is 5.75. The van der Waals surface area contributed by atoms with E-state index in [0.717, 1.165) is 52.7 Å². The number of aromatic nitrogens is 4. The van der Waals surface area contributed by atoms with Gasteiger partial charge in [0.2, 0.25) is 0 Å². The zero-order valence-corrected chi connectivity index (χ0v) is 18.0. The number of amides is 1. The normalized spacial score (nSPS) is 16.2. The minimum absolute atomic E-state index is 0.0391. The second kappa shape index (κ2) is 8.88. The van der Waals surface area contributed by atoms with Crippen molar-refractivity contribution in [3.8, 4) is 11.3 Å². The van der Waals surface area contributed by atoms with Crippen molar-refractivity contribution in [3.63, 3.8) is 0 Å². The molecule has 1 aliphatic rings. The topological polar surface area (TPSA) is 81.9 Å². The molecular formula is C25H25N5O2. The molecule has 1 amide bonds. The molecule has 1 aromatic carbocycles. The van der Waals surface area contributed by atoms with E-state index in [4.69, 9.17) is 4.74 Å². The second-order valence-corrected chi connectivity index (χ2v) is 8.20. The van der Waals surface area contributed by atoms with Gasteiger partial charge >= 0.3 is 0 Å². The lowest BCUT2D eigenvalue weighted by Crippen LogP contribution is -2.40. The smallest absolute Gasteiger partial charge is 0.270 e. The molecule has 1 fully saturated rings. The summed E-state index contributed by atoms with van der Waals surface area (Å²) in [5.74, 6) is -0.155. The highest BCUT2D eigenvalue weighted by atomic mass is 16.5. The monoisotopic (exact) mass is 427 g/mol. The summed E-state index contributed by atoms with van der Waals surface area (Å²) in [5.41, 5.74) is 5.24. The number of rotatable bonds is 5. The van der Waals surface area contributed by atoms with Crippen LogP contribution in [0.5, 0.6) is 0 Å². The zero-order valence-electron chi connectivity index (χ0n) is 18.0. The van der Waals surface area contributed by atoms with Gasteiger partial charge in [-0.25, -0.2) is 4.98 Å². The van der Waals surface area contributed by atoms with Crippen LogP contribution in [0.3, 0.4) is 0 Å². The van der Waals surface area contributed by atoms with Crippen molar-refractivity contribution in [1.29, 1.82) is 0 Å². The molecule has 0 spiro atoms. The molecule has 32 heavy (non-hydrogen) atoms. The average Bonchev–Trinajstić information content (AvgIpc) is 3.26. The number of nitrogens with zero attached hydrogens (tertiary/aromatic N) is 4. The number of carbonyl (C=O) groups excluding carboxylic acids is 1. The maximum Gasteiger partial charge on any atom is 0.270 e. The van der Waals surface area contributed by atoms with Gasteiger partial charge < -0.3 is 10.1 Å². The summed E-state index contributed by atoms with van der Waals surface area (Å²) >= 11 is 0. The van der Waals surface area contributed by atoms with Gasteiger partial charge in [-0.15, -0.1) is 0 Å². The van der Waals surface area contributed by atoms with Crippen LogP contribution in [-0.2, 0) is 18.2 Å². The summed E-state index contributed by atoms with van der Waals surface area (Å²) in [6.45, 7) is 1.32. The summed E-state index contributed by atoms with van der Waals surface area (Å²) in [6.07, 6.45) is 8.19. The molecule has 1 N–H and O–H groups in total. The van der Waals surface area contributed by atoms with Gasteiger partial charge in [-0.05, 0) is 48.6 Å². The van der Waals surface area contributed by atoms with E-state index in [1.807, 2.05) is 55.8 Å². The van der Waals surface area contributed by atoms with E-state index < -0.39 is 0 Å². The predicted octanol–water partition coefficient (Wildman–Crippen LogP) is 3.53. The Morgan fingerprint density at radius 3 is 2.88 bits per heavy atom. The van der Waals surface area contributed by atoms with E-state index in [9.17, 15) is 4.79 Å². The maximum atomic E-state index is 12.9. The molecule has 3 aromatic heterocycles. The molecule has 0 radical (unpaired) electrons. The van der Waals surface area contributed by atoms with Crippen LogP contribution in [0.15, 0.2) is 61.1 Å². The summed E-state index contributed by atoms with van der Waals surface area (Å²) in [4.78, 5) is 22.1. The van der Waals surface area contributed by atoms with Crippen molar-refractivity contribution in [2.75, 3.05) is 13.2 Å². The summed E-state index contributed by atoms with van der Waals surface area (Å²) in [7, 11) is 1.89. The summed E-state index contributed by atoms with van der Waals surface area (Å²) < 4.78 is 7.25. The van der Waals surface area contributed by atoms with Crippen LogP contribution in [0.2, 0.25) is 0 Å². The Labute approximate surface area is 186 Å². The van der Waals surface area contributed by atoms with Crippen LogP contribution in [-0.4, -0.2) is 44.9 Å². The molecule has 0 saturated carbocycles. The van der Waals surface area contributed by atoms with E-state index in [2.05, 4.69) is 26.4 Å². The third kappa shape index (κ3) is 4.38. The van der Waals surface area contributed by atoms with Gasteiger partial charge in [0.25, 0.3) is 5.91 Å². The first-order valence-corrected chi connectivity index (χ1v) is 10.9. The molecule has 5 rings (SSSR count). The molecule has 7 heteroatoms. The molecule has 4 aromatic rings. The van der Waals surface area contributed by atoms with Gasteiger partial charge in [0.1, 0.15) is 5.69 Å². The Balaban J connectivity index is 1.41. The molecule has 4 heterocycles. The summed E-state index contributed by atoms with van der Waals surface area (Å²) in [5, 5.41) is 8.32. The van der Waals surface area contributed by atoms with Gasteiger partial charge in [-0.3, -0.25) is 14.5 Å². The minimum Gasteiger partial charge on any atom is -0.379 e. The van der Waals surface area contributed by atoms with Crippen molar-refractivity contribution in [3.05, 3.63) is 77.9 Å². The average molecular weight is 428 g/mol. The zero-order chi connectivity index (χ0) is 21.9. The SMILES string of the molecule is Cn1cc(-c2ccc(Cc3cc(C(=O)N[C@@H]4CCCOC4)nc4ccccc34)cn2)cn1. The predicted molar refractivity (Wildman–Crippen MR) is 122 cm³/mol. The molecule has 1 atom stereocenters. The molecule has 0 unspecified atom stereocenters. The van der Waals surface area contributed by atoms with E-state index >= 15 is 0 Å². The number of aryl methyl sites for hydroxylation is 1. The highest BCUT2D eigenvalue weighted by Gasteiger charge is 2.19. The van der Waals surface area contributed by atoms with Crippen LogP contribution in [0, 0.1) is 0 Å². The first-order chi connectivity index (χ1) is 15.7. The van der Waals surface area contributed by atoms with E-state index in [1.54, 1.807) is 10.9 Å². The number of carbonyl (C=O) groups is 1. The van der Waals surface area contributed by atoms with Gasteiger partial charge in [0.05, 0.1) is 30.1 Å². The molecule has 1 aliphatic heterocycles. The van der Waals surface area contributed by atoms with Crippen LogP contribution in [0.4, 0.5) is 0 Å². The fourth-order valence-corrected chi connectivity index (χ4v) is 4.10. The number of hydrogen-bond donors (Lipinski definition) is 1. The maximum absolute atomic E-state index is 12.9. The van der Waals surface area contributed by atoms with E-state index in [0.29, 0.717) is 18.7 Å². The van der Waals surface area contributed by atoms with Crippen LogP contribution in [0.25, 0.3) is 22.2 Å². The number of fused-ring (bicyclic) bond motifs is 1. The van der Waals surface area contributed by atoms with Gasteiger partial charge in [-0.2, -0.15) is 5.10 Å². The van der Waals surface area contributed by atoms with Gasteiger partial charge in [0, 0.05) is 37.0 Å². The number of benzene rings is 1. The van der Waals surface area contributed by atoms with Crippen LogP contribution in [0.1, 0.15) is 34.5 Å². The molecule has 1 saturated heterocycles. The van der Waals surface area contributed by atoms with Crippen molar-refractivity contribution in [1.82, 2.24) is 25.1 Å². The third-order valence-electron chi connectivity index (χ3n) is 5.75. The molecular weight excluding hydrogens is 402 g/mol. The Morgan fingerprint density at radius 2 is 2.12 bits per heavy atom. The Hall–Kier alpha value is -3.58. The van der Waals surface area contributed by atoms with Crippen LogP contribution < -0.4 is 5.32 Å². The quantitative estimate of drug-likeness (QED) is 0.527. The van der Waals surface area contributed by atoms with E-state index in [1.165, 1.54) is 0 Å². The van der Waals surface area contributed by atoms with Crippen molar-refractivity contribution < 1.29 is 9.53 Å². The first-order valence-electron chi connectivity index (χ1n) is 10.9. The number of pyridine rings is 2. The number of para-hydroxylation sites is 1. The van der Waals surface area contributed by atoms with Gasteiger partial charge in [0.15, 0.2) is 0 Å². The Bertz CT molecular complexity index is 1240. The minimum atomic E-state index is -0.155. The van der Waals surface area contributed by atoms with Crippen molar-refractivity contribution >= 4 is 16.8 Å². The standard InChI is InChI=1S/C25H25N5O2/c1-30-15-19(14-27-30)22-9-8-17(13-26-22)11-18-12-24(29-23-7-3-2-6-21(18)23)25(31)28-20-5-4-10-32-16-20/h2-3,6-9,12-15,20H,4-5,10-11,16H2,1H3,(H,28,31)/t20-/m1/s1.